The average molecular weight is 171 g/mol. The second-order valence-corrected chi connectivity index (χ2v) is 3.51. The predicted molar refractivity (Wildman–Crippen MR) is 48.1 cm³/mol. The summed E-state index contributed by atoms with van der Waals surface area (Å²) in [6.45, 7) is 4.06. The Morgan fingerprint density at radius 1 is 1.42 bits per heavy atom. The molecule has 70 valence electrons. The van der Waals surface area contributed by atoms with Crippen LogP contribution in [0.2, 0.25) is 0 Å². The van der Waals surface area contributed by atoms with Crippen LogP contribution in [-0.2, 0) is 0 Å². The van der Waals surface area contributed by atoms with Crippen LogP contribution < -0.4 is 16.0 Å². The summed E-state index contributed by atoms with van der Waals surface area (Å²) in [5.74, 6) is 0. The number of amides is 2. The first-order valence-corrected chi connectivity index (χ1v) is 4.37. The third-order valence-electron chi connectivity index (χ3n) is 2.35. The van der Waals surface area contributed by atoms with Crippen LogP contribution in [0, 0.1) is 0 Å². The zero-order valence-electron chi connectivity index (χ0n) is 7.74. The van der Waals surface area contributed by atoms with Crippen molar-refractivity contribution in [2.24, 2.45) is 0 Å². The molecule has 1 heterocycles. The molecule has 0 unspecified atom stereocenters. The van der Waals surface area contributed by atoms with Crippen molar-refractivity contribution in [2.45, 2.75) is 25.3 Å². The first-order valence-electron chi connectivity index (χ1n) is 4.37. The molecule has 0 bridgehead atoms. The van der Waals surface area contributed by atoms with Crippen LogP contribution in [0.1, 0.15) is 19.8 Å². The second kappa shape index (κ2) is 3.76. The van der Waals surface area contributed by atoms with E-state index in [9.17, 15) is 4.79 Å². The van der Waals surface area contributed by atoms with E-state index in [0.29, 0.717) is 0 Å². The fourth-order valence-corrected chi connectivity index (χ4v) is 1.44. The summed E-state index contributed by atoms with van der Waals surface area (Å²) in [4.78, 5) is 11.0. The van der Waals surface area contributed by atoms with Crippen molar-refractivity contribution in [1.29, 1.82) is 0 Å². The molecule has 2 amide bonds. The Kier molecular flexibility index (Phi) is 2.92. The van der Waals surface area contributed by atoms with E-state index in [2.05, 4.69) is 22.9 Å². The van der Waals surface area contributed by atoms with Crippen molar-refractivity contribution >= 4 is 6.03 Å². The molecule has 1 aliphatic rings. The van der Waals surface area contributed by atoms with Gasteiger partial charge < -0.3 is 16.0 Å². The molecular formula is C8H17N3O. The molecule has 1 aliphatic heterocycles. The Morgan fingerprint density at radius 3 is 2.50 bits per heavy atom. The smallest absolute Gasteiger partial charge is 0.314 e. The number of hydrogen-bond acceptors (Lipinski definition) is 2. The lowest BCUT2D eigenvalue weighted by Gasteiger charge is -2.34. The minimum atomic E-state index is -0.0839. The molecule has 0 aromatic heterocycles. The Morgan fingerprint density at radius 2 is 2.00 bits per heavy atom. The van der Waals surface area contributed by atoms with E-state index in [1.165, 1.54) is 0 Å². The minimum Gasteiger partial charge on any atom is -0.341 e. The van der Waals surface area contributed by atoms with Gasteiger partial charge >= 0.3 is 6.03 Å². The standard InChI is InChI=1S/C8H17N3O/c1-8(11-7(12)9-2)3-5-10-6-4-8/h10H,3-6H2,1-2H3,(H2,9,11,12). The normalized spacial score (nSPS) is 21.5. The van der Waals surface area contributed by atoms with Gasteiger partial charge in [0, 0.05) is 12.6 Å². The third kappa shape index (κ3) is 2.37. The molecule has 1 fully saturated rings. The molecule has 1 rings (SSSR count). The lowest BCUT2D eigenvalue weighted by molar-refractivity contribution is 0.216. The fourth-order valence-electron chi connectivity index (χ4n) is 1.44. The van der Waals surface area contributed by atoms with Gasteiger partial charge in [-0.3, -0.25) is 0 Å². The highest BCUT2D eigenvalue weighted by molar-refractivity contribution is 5.74. The van der Waals surface area contributed by atoms with Gasteiger partial charge in [-0.2, -0.15) is 0 Å². The first kappa shape index (κ1) is 9.32. The largest absolute Gasteiger partial charge is 0.341 e. The molecule has 0 spiro atoms. The Bertz CT molecular complexity index is 164. The topological polar surface area (TPSA) is 53.2 Å². The van der Waals surface area contributed by atoms with E-state index in [1.807, 2.05) is 0 Å². The highest BCUT2D eigenvalue weighted by Crippen LogP contribution is 2.16. The van der Waals surface area contributed by atoms with Crippen molar-refractivity contribution in [3.63, 3.8) is 0 Å². The number of rotatable bonds is 1. The molecule has 1 saturated heterocycles. The van der Waals surface area contributed by atoms with Crippen LogP contribution in [0.25, 0.3) is 0 Å². The molecule has 0 radical (unpaired) electrons. The van der Waals surface area contributed by atoms with Crippen LogP contribution in [0.5, 0.6) is 0 Å². The summed E-state index contributed by atoms with van der Waals surface area (Å²) in [6, 6.07) is -0.0839. The monoisotopic (exact) mass is 171 g/mol. The molecule has 0 aliphatic carbocycles. The van der Waals surface area contributed by atoms with Crippen LogP contribution in [0.3, 0.4) is 0 Å². The molecule has 0 aromatic rings. The first-order chi connectivity index (χ1) is 5.66. The van der Waals surface area contributed by atoms with Crippen molar-refractivity contribution < 1.29 is 4.79 Å². The number of carbonyl (C=O) groups excluding carboxylic acids is 1. The van der Waals surface area contributed by atoms with Gasteiger partial charge in [0.1, 0.15) is 0 Å². The number of nitrogens with one attached hydrogen (secondary N) is 3. The SMILES string of the molecule is CNC(=O)NC1(C)CCNCC1. The number of carbonyl (C=O) groups is 1. The van der Waals surface area contributed by atoms with Crippen LogP contribution in [-0.4, -0.2) is 31.7 Å². The van der Waals surface area contributed by atoms with E-state index in [0.717, 1.165) is 25.9 Å². The number of piperidine rings is 1. The maximum atomic E-state index is 11.0. The quantitative estimate of drug-likeness (QED) is 0.522. The maximum absolute atomic E-state index is 11.0. The summed E-state index contributed by atoms with van der Waals surface area (Å²) in [6.07, 6.45) is 2.00. The van der Waals surface area contributed by atoms with Gasteiger partial charge in [-0.25, -0.2) is 4.79 Å². The van der Waals surface area contributed by atoms with Crippen molar-refractivity contribution in [1.82, 2.24) is 16.0 Å². The summed E-state index contributed by atoms with van der Waals surface area (Å²) in [7, 11) is 1.64. The summed E-state index contributed by atoms with van der Waals surface area (Å²) in [5, 5.41) is 8.78. The minimum absolute atomic E-state index is 0.0225. The Hall–Kier alpha value is -0.770. The molecule has 12 heavy (non-hydrogen) atoms. The fraction of sp³-hybridized carbons (Fsp3) is 0.875. The Labute approximate surface area is 73.1 Å². The van der Waals surface area contributed by atoms with Crippen molar-refractivity contribution in [2.75, 3.05) is 20.1 Å². The molecule has 0 aromatic carbocycles. The zero-order valence-corrected chi connectivity index (χ0v) is 7.74. The summed E-state index contributed by atoms with van der Waals surface area (Å²) in [5.41, 5.74) is -0.0225. The predicted octanol–water partition coefficient (Wildman–Crippen LogP) is 0.0575. The molecule has 4 heteroatoms. The lowest BCUT2D eigenvalue weighted by Crippen LogP contribution is -2.54. The Balaban J connectivity index is 2.41. The van der Waals surface area contributed by atoms with Crippen molar-refractivity contribution in [3.05, 3.63) is 0 Å². The van der Waals surface area contributed by atoms with Gasteiger partial charge in [0.15, 0.2) is 0 Å². The maximum Gasteiger partial charge on any atom is 0.314 e. The van der Waals surface area contributed by atoms with Gasteiger partial charge in [0.05, 0.1) is 0 Å². The second-order valence-electron chi connectivity index (χ2n) is 3.51. The van der Waals surface area contributed by atoms with E-state index in [1.54, 1.807) is 7.05 Å². The van der Waals surface area contributed by atoms with E-state index in [4.69, 9.17) is 0 Å². The van der Waals surface area contributed by atoms with Gasteiger partial charge in [-0.1, -0.05) is 0 Å². The molecule has 4 nitrogen and oxygen atoms in total. The highest BCUT2D eigenvalue weighted by Gasteiger charge is 2.27. The van der Waals surface area contributed by atoms with Crippen LogP contribution in [0.15, 0.2) is 0 Å². The van der Waals surface area contributed by atoms with Gasteiger partial charge in [-0.05, 0) is 32.9 Å². The molecule has 0 atom stereocenters. The van der Waals surface area contributed by atoms with Gasteiger partial charge in [0.25, 0.3) is 0 Å². The number of hydrogen-bond donors (Lipinski definition) is 3. The van der Waals surface area contributed by atoms with E-state index < -0.39 is 0 Å². The van der Waals surface area contributed by atoms with Crippen molar-refractivity contribution in [3.8, 4) is 0 Å². The van der Waals surface area contributed by atoms with E-state index >= 15 is 0 Å². The van der Waals surface area contributed by atoms with Gasteiger partial charge in [-0.15, -0.1) is 0 Å². The zero-order chi connectivity index (χ0) is 9.03. The third-order valence-corrected chi connectivity index (χ3v) is 2.35. The summed E-state index contributed by atoms with van der Waals surface area (Å²) >= 11 is 0. The molecule has 3 N–H and O–H groups in total. The van der Waals surface area contributed by atoms with E-state index in [-0.39, 0.29) is 11.6 Å². The van der Waals surface area contributed by atoms with Crippen LogP contribution in [0.4, 0.5) is 4.79 Å². The molecular weight excluding hydrogens is 154 g/mol. The average Bonchev–Trinajstić information content (AvgIpc) is 2.05. The van der Waals surface area contributed by atoms with Crippen LogP contribution >= 0.6 is 0 Å². The van der Waals surface area contributed by atoms with Gasteiger partial charge in [0.2, 0.25) is 0 Å². The number of urea groups is 1. The molecule has 0 saturated carbocycles. The summed E-state index contributed by atoms with van der Waals surface area (Å²) < 4.78 is 0. The lowest BCUT2D eigenvalue weighted by atomic mass is 9.91. The highest BCUT2D eigenvalue weighted by atomic mass is 16.2.